The highest BCUT2D eigenvalue weighted by atomic mass is 31.2. The number of benzene rings is 1. The second kappa shape index (κ2) is 20.1. The predicted octanol–water partition coefficient (Wildman–Crippen LogP) is 1.51. The lowest BCUT2D eigenvalue weighted by Crippen LogP contribution is -2.54. The number of methoxy groups -OCH3 is 1. The SMILES string of the molecule is CO[C@](C#N)(COP(=O)(N[C@@H](C)C(=O)OC(C)C)Oc1ccccc1)[C@@H](OC(=O)CN1CCOCC1)[C@@H](OC(=O)CN1CCOCC1)c1ccc2c(N)ncnn12. The number of hydrogen-bond donors (Lipinski definition) is 2. The Morgan fingerprint density at radius 1 is 0.947 bits per heavy atom. The van der Waals surface area contributed by atoms with Crippen molar-refractivity contribution in [2.75, 3.05) is 85.1 Å². The van der Waals surface area contributed by atoms with Gasteiger partial charge in [0.05, 0.1) is 51.3 Å². The third kappa shape index (κ3) is 11.7. The molecule has 0 spiro atoms. The Morgan fingerprint density at radius 2 is 1.56 bits per heavy atom. The molecule has 0 bridgehead atoms. The number of para-hydroxylation sites is 1. The van der Waals surface area contributed by atoms with E-state index in [0.717, 1.165) is 7.11 Å². The van der Waals surface area contributed by atoms with Crippen LogP contribution in [0.4, 0.5) is 5.82 Å². The number of fused-ring (bicyclic) bond motifs is 1. The number of hydrogen-bond acceptors (Lipinski definition) is 18. The number of anilines is 1. The van der Waals surface area contributed by atoms with Gasteiger partial charge in [-0.1, -0.05) is 18.2 Å². The number of ether oxygens (including phenoxy) is 6. The van der Waals surface area contributed by atoms with E-state index in [9.17, 15) is 24.2 Å². The number of nitriles is 1. The molecule has 20 nitrogen and oxygen atoms in total. The highest BCUT2D eigenvalue weighted by molar-refractivity contribution is 7.52. The van der Waals surface area contributed by atoms with Crippen molar-refractivity contribution < 1.29 is 56.4 Å². The van der Waals surface area contributed by atoms with Crippen LogP contribution >= 0.6 is 7.75 Å². The van der Waals surface area contributed by atoms with Crippen LogP contribution in [0.2, 0.25) is 0 Å². The van der Waals surface area contributed by atoms with Crippen LogP contribution in [0.25, 0.3) is 5.52 Å². The second-order valence-electron chi connectivity index (χ2n) is 13.5. The average molecular weight is 817 g/mol. The fourth-order valence-electron chi connectivity index (χ4n) is 6.02. The van der Waals surface area contributed by atoms with Gasteiger partial charge in [-0.05, 0) is 45.0 Å². The Balaban J connectivity index is 1.56. The van der Waals surface area contributed by atoms with Crippen LogP contribution < -0.4 is 15.3 Å². The molecule has 5 atom stereocenters. The number of morpholine rings is 2. The standard InChI is InChI=1S/C36H49N8O12P/c1-25(2)53-35(47)26(3)41-57(48,56-27-8-6-5-7-9-27)52-23-36(22-37,49-4)33(55-31(46)21-43-14-18-51-19-15-43)32(54-30(45)20-42-12-16-50-17-13-42)28-10-11-29-34(38)39-24-40-44(28)29/h5-11,24-26,32-33H,12-21,23H2,1-4H3,(H,41,48)(H2,38,39,40)/t26-,32-,33-,36+,57?/m0/s1. The van der Waals surface area contributed by atoms with Gasteiger partial charge in [0.1, 0.15) is 36.3 Å². The van der Waals surface area contributed by atoms with E-state index < -0.39 is 62.2 Å². The summed E-state index contributed by atoms with van der Waals surface area (Å²) in [6, 6.07) is 11.9. The van der Waals surface area contributed by atoms with Crippen LogP contribution in [0.15, 0.2) is 48.8 Å². The molecule has 2 fully saturated rings. The molecule has 3 aromatic rings. The summed E-state index contributed by atoms with van der Waals surface area (Å²) in [5.74, 6) is -2.12. The summed E-state index contributed by atoms with van der Waals surface area (Å²) < 4.78 is 62.0. The van der Waals surface area contributed by atoms with Crippen molar-refractivity contribution in [3.8, 4) is 11.8 Å². The zero-order valence-corrected chi connectivity index (χ0v) is 33.2. The maximum atomic E-state index is 14.6. The first kappa shape index (κ1) is 43.4. The lowest BCUT2D eigenvalue weighted by atomic mass is 9.92. The van der Waals surface area contributed by atoms with Crippen molar-refractivity contribution in [1.29, 1.82) is 5.26 Å². The molecule has 2 aliphatic heterocycles. The number of nitrogens with one attached hydrogen (secondary N) is 1. The summed E-state index contributed by atoms with van der Waals surface area (Å²) in [5.41, 5.74) is 4.23. The second-order valence-corrected chi connectivity index (χ2v) is 15.2. The minimum absolute atomic E-state index is 0.0901. The van der Waals surface area contributed by atoms with E-state index in [1.165, 1.54) is 36.0 Å². The molecule has 57 heavy (non-hydrogen) atoms. The molecule has 2 aliphatic rings. The van der Waals surface area contributed by atoms with Crippen molar-refractivity contribution in [3.63, 3.8) is 0 Å². The molecule has 3 N–H and O–H groups in total. The van der Waals surface area contributed by atoms with Gasteiger partial charge in [0.15, 0.2) is 18.0 Å². The maximum Gasteiger partial charge on any atom is 0.459 e. The molecule has 5 rings (SSSR count). The van der Waals surface area contributed by atoms with Crippen molar-refractivity contribution in [1.82, 2.24) is 29.5 Å². The van der Waals surface area contributed by atoms with E-state index in [2.05, 4.69) is 15.2 Å². The average Bonchev–Trinajstić information content (AvgIpc) is 3.63. The Morgan fingerprint density at radius 3 is 2.14 bits per heavy atom. The Kier molecular flexibility index (Phi) is 15.3. The molecule has 2 aromatic heterocycles. The number of nitrogens with two attached hydrogens (primary N) is 1. The number of carbonyl (C=O) groups is 3. The van der Waals surface area contributed by atoms with Crippen LogP contribution in [0.5, 0.6) is 5.75 Å². The van der Waals surface area contributed by atoms with Gasteiger partial charge in [-0.25, -0.2) is 14.1 Å². The van der Waals surface area contributed by atoms with Crippen LogP contribution in [-0.2, 0) is 51.9 Å². The summed E-state index contributed by atoms with van der Waals surface area (Å²) in [4.78, 5) is 48.2. The van der Waals surface area contributed by atoms with Gasteiger partial charge in [0.25, 0.3) is 0 Å². The van der Waals surface area contributed by atoms with Crippen LogP contribution in [0.1, 0.15) is 32.6 Å². The fourth-order valence-corrected chi connectivity index (χ4v) is 7.54. The zero-order valence-electron chi connectivity index (χ0n) is 32.3. The molecule has 0 amide bonds. The van der Waals surface area contributed by atoms with Crippen LogP contribution in [0, 0.1) is 11.3 Å². The van der Waals surface area contributed by atoms with E-state index in [0.29, 0.717) is 58.1 Å². The van der Waals surface area contributed by atoms with Crippen LogP contribution in [-0.4, -0.2) is 146 Å². The molecule has 4 heterocycles. The Hall–Kier alpha value is -4.71. The van der Waals surface area contributed by atoms with E-state index in [4.69, 9.17) is 43.2 Å². The lowest BCUT2D eigenvalue weighted by Gasteiger charge is -2.38. The van der Waals surface area contributed by atoms with Crippen molar-refractivity contribution in [2.45, 2.75) is 50.7 Å². The number of rotatable bonds is 19. The van der Waals surface area contributed by atoms with Crippen molar-refractivity contribution >= 4 is 37.0 Å². The fraction of sp³-hybridized carbons (Fsp3) is 0.556. The van der Waals surface area contributed by atoms with E-state index in [1.54, 1.807) is 43.0 Å². The van der Waals surface area contributed by atoms with E-state index >= 15 is 0 Å². The zero-order chi connectivity index (χ0) is 41.0. The van der Waals surface area contributed by atoms with Gasteiger partial charge in [0.2, 0.25) is 5.60 Å². The molecule has 1 unspecified atom stereocenters. The molecule has 2 saturated heterocycles. The van der Waals surface area contributed by atoms with Gasteiger partial charge >= 0.3 is 25.7 Å². The smallest absolute Gasteiger partial charge is 0.459 e. The number of nitrogens with zero attached hydrogens (tertiary/aromatic N) is 6. The van der Waals surface area contributed by atoms with E-state index in [-0.39, 0.29) is 30.4 Å². The first-order valence-electron chi connectivity index (χ1n) is 18.4. The molecular weight excluding hydrogens is 767 g/mol. The number of carbonyl (C=O) groups excluding carboxylic acids is 3. The monoisotopic (exact) mass is 816 g/mol. The number of aromatic nitrogens is 3. The largest absolute Gasteiger partial charge is 0.462 e. The van der Waals surface area contributed by atoms with Crippen molar-refractivity contribution in [2.24, 2.45) is 0 Å². The summed E-state index contributed by atoms with van der Waals surface area (Å²) in [6.07, 6.45) is -2.74. The normalized spacial score (nSPS) is 19.0. The summed E-state index contributed by atoms with van der Waals surface area (Å²) in [7, 11) is -3.47. The van der Waals surface area contributed by atoms with Gasteiger partial charge in [-0.3, -0.25) is 28.7 Å². The summed E-state index contributed by atoms with van der Waals surface area (Å²) in [6.45, 7) is 6.73. The molecule has 1 aromatic carbocycles. The molecular formula is C36H49N8O12P. The maximum absolute atomic E-state index is 14.6. The third-order valence-electron chi connectivity index (χ3n) is 9.00. The third-order valence-corrected chi connectivity index (χ3v) is 10.6. The molecule has 310 valence electrons. The highest BCUT2D eigenvalue weighted by Gasteiger charge is 2.53. The quantitative estimate of drug-likeness (QED) is 0.0990. The Labute approximate surface area is 329 Å². The van der Waals surface area contributed by atoms with Crippen molar-refractivity contribution in [3.05, 3.63) is 54.5 Å². The van der Waals surface area contributed by atoms with Gasteiger partial charge in [-0.2, -0.15) is 15.4 Å². The van der Waals surface area contributed by atoms with Gasteiger partial charge in [-0.15, -0.1) is 0 Å². The minimum atomic E-state index is -4.62. The summed E-state index contributed by atoms with van der Waals surface area (Å²) >= 11 is 0. The lowest BCUT2D eigenvalue weighted by molar-refractivity contribution is -0.195. The first-order valence-corrected chi connectivity index (χ1v) is 19.9. The predicted molar refractivity (Wildman–Crippen MR) is 200 cm³/mol. The molecule has 0 radical (unpaired) electrons. The summed E-state index contributed by atoms with van der Waals surface area (Å²) in [5, 5.41) is 17.9. The Bertz CT molecular complexity index is 1900. The van der Waals surface area contributed by atoms with Gasteiger partial charge < -0.3 is 38.7 Å². The topological polar surface area (TPSA) is 241 Å². The number of esters is 3. The number of nitrogen functional groups attached to an aromatic ring is 1. The molecule has 21 heteroatoms. The molecule has 0 saturated carbocycles. The van der Waals surface area contributed by atoms with E-state index in [1.807, 2.05) is 11.0 Å². The minimum Gasteiger partial charge on any atom is -0.462 e. The first-order chi connectivity index (χ1) is 27.3. The molecule has 0 aliphatic carbocycles. The highest BCUT2D eigenvalue weighted by Crippen LogP contribution is 2.47. The van der Waals surface area contributed by atoms with Crippen LogP contribution in [0.3, 0.4) is 0 Å². The van der Waals surface area contributed by atoms with Gasteiger partial charge in [0, 0.05) is 33.3 Å².